The molecule has 0 bridgehead atoms. The molecule has 2 atom stereocenters. The Morgan fingerprint density at radius 3 is 2.77 bits per heavy atom. The lowest BCUT2D eigenvalue weighted by atomic mass is 9.98. The van der Waals surface area contributed by atoms with Crippen molar-refractivity contribution < 1.29 is 17.9 Å². The number of nitrogens with zero attached hydrogens (tertiary/aromatic N) is 3. The van der Waals surface area contributed by atoms with Crippen LogP contribution in [0.5, 0.6) is 0 Å². The molecular weight excluding hydrogens is 508 g/mol. The predicted octanol–water partition coefficient (Wildman–Crippen LogP) is 4.00. The van der Waals surface area contributed by atoms with Crippen molar-refractivity contribution in [3.05, 3.63) is 35.4 Å². The largest absolute Gasteiger partial charge is 0.416 e. The maximum Gasteiger partial charge on any atom is 0.416 e. The molecule has 0 amide bonds. The van der Waals surface area contributed by atoms with E-state index in [0.717, 1.165) is 31.7 Å². The van der Waals surface area contributed by atoms with Crippen LogP contribution in [0.3, 0.4) is 0 Å². The minimum Gasteiger partial charge on any atom is -0.370 e. The Morgan fingerprint density at radius 2 is 2.07 bits per heavy atom. The number of hydrogen-bond donors (Lipinski definition) is 1. The summed E-state index contributed by atoms with van der Waals surface area (Å²) in [7, 11) is 1.75. The third-order valence-corrected chi connectivity index (χ3v) is 5.76. The summed E-state index contributed by atoms with van der Waals surface area (Å²) in [5.41, 5.74) is -0.0955. The van der Waals surface area contributed by atoms with Gasteiger partial charge in [0.05, 0.1) is 18.7 Å². The Kier molecular flexibility index (Phi) is 9.67. The van der Waals surface area contributed by atoms with Crippen LogP contribution in [-0.2, 0) is 10.9 Å². The van der Waals surface area contributed by atoms with Crippen LogP contribution in [0.15, 0.2) is 29.3 Å². The number of alkyl halides is 3. The zero-order chi connectivity index (χ0) is 20.9. The molecule has 2 aliphatic rings. The van der Waals surface area contributed by atoms with E-state index in [1.54, 1.807) is 13.1 Å². The molecule has 30 heavy (non-hydrogen) atoms. The van der Waals surface area contributed by atoms with Gasteiger partial charge in [-0.25, -0.2) is 0 Å². The average Bonchev–Trinajstić information content (AvgIpc) is 2.74. The lowest BCUT2D eigenvalue weighted by Gasteiger charge is -2.37. The summed E-state index contributed by atoms with van der Waals surface area (Å²) in [5, 5.41) is 3.47. The first-order valence-corrected chi connectivity index (χ1v) is 10.4. The van der Waals surface area contributed by atoms with E-state index in [1.165, 1.54) is 31.5 Å². The first-order chi connectivity index (χ1) is 13.9. The van der Waals surface area contributed by atoms with E-state index < -0.39 is 17.8 Å². The topological polar surface area (TPSA) is 40.1 Å². The van der Waals surface area contributed by atoms with Crippen molar-refractivity contribution in [2.24, 2.45) is 10.9 Å². The highest BCUT2D eigenvalue weighted by molar-refractivity contribution is 14.0. The van der Waals surface area contributed by atoms with Gasteiger partial charge in [0.25, 0.3) is 0 Å². The second-order valence-corrected chi connectivity index (χ2v) is 7.76. The highest BCUT2D eigenvalue weighted by Gasteiger charge is 2.32. The van der Waals surface area contributed by atoms with E-state index >= 15 is 0 Å². The molecule has 9 heteroatoms. The van der Waals surface area contributed by atoms with Gasteiger partial charge in [-0.15, -0.1) is 24.0 Å². The monoisotopic (exact) mass is 540 g/mol. The van der Waals surface area contributed by atoms with Gasteiger partial charge in [0, 0.05) is 26.7 Å². The highest BCUT2D eigenvalue weighted by Crippen LogP contribution is 2.32. The maximum atomic E-state index is 13.0. The van der Waals surface area contributed by atoms with Crippen LogP contribution >= 0.6 is 24.0 Å². The van der Waals surface area contributed by atoms with Crippen molar-refractivity contribution in [1.82, 2.24) is 15.1 Å². The van der Waals surface area contributed by atoms with Crippen molar-refractivity contribution >= 4 is 29.9 Å². The fourth-order valence-corrected chi connectivity index (χ4v) is 4.13. The van der Waals surface area contributed by atoms with Crippen molar-refractivity contribution in [3.8, 4) is 0 Å². The van der Waals surface area contributed by atoms with Crippen molar-refractivity contribution in [1.29, 1.82) is 0 Å². The molecular formula is C21H32F3IN4O. The van der Waals surface area contributed by atoms with Gasteiger partial charge in [-0.2, -0.15) is 13.2 Å². The molecule has 2 unspecified atom stereocenters. The molecule has 1 aromatic rings. The fourth-order valence-electron chi connectivity index (χ4n) is 4.13. The molecule has 3 rings (SSSR count). The summed E-state index contributed by atoms with van der Waals surface area (Å²) in [6, 6.07) is 5.41. The van der Waals surface area contributed by atoms with Gasteiger partial charge in [0.2, 0.25) is 0 Å². The number of aliphatic imine (C=N–C) groups is 1. The summed E-state index contributed by atoms with van der Waals surface area (Å²) in [5.74, 6) is 1.37. The van der Waals surface area contributed by atoms with Gasteiger partial charge in [-0.1, -0.05) is 19.1 Å². The van der Waals surface area contributed by atoms with Crippen LogP contribution in [0.1, 0.15) is 37.0 Å². The number of halogens is 4. The molecule has 0 spiro atoms. The Bertz CT molecular complexity index is 701. The number of ether oxygens (including phenoxy) is 1. The minimum absolute atomic E-state index is 0. The number of guanidine groups is 1. The number of benzene rings is 1. The normalized spacial score (nSPS) is 23.8. The molecule has 0 radical (unpaired) electrons. The lowest BCUT2D eigenvalue weighted by molar-refractivity contribution is -0.137. The van der Waals surface area contributed by atoms with Crippen molar-refractivity contribution in [3.63, 3.8) is 0 Å². The van der Waals surface area contributed by atoms with E-state index in [4.69, 9.17) is 4.74 Å². The van der Waals surface area contributed by atoms with Gasteiger partial charge in [0.1, 0.15) is 6.10 Å². The smallest absolute Gasteiger partial charge is 0.370 e. The molecule has 2 saturated heterocycles. The number of morpholine rings is 1. The Labute approximate surface area is 194 Å². The number of likely N-dealkylation sites (tertiary alicyclic amines) is 1. The molecule has 0 aliphatic carbocycles. The van der Waals surface area contributed by atoms with Gasteiger partial charge in [-0.3, -0.25) is 4.99 Å². The van der Waals surface area contributed by atoms with Crippen LogP contribution in [-0.4, -0.2) is 68.7 Å². The van der Waals surface area contributed by atoms with Crippen LogP contribution in [0.2, 0.25) is 0 Å². The Morgan fingerprint density at radius 1 is 1.27 bits per heavy atom. The second kappa shape index (κ2) is 11.5. The summed E-state index contributed by atoms with van der Waals surface area (Å²) in [6.07, 6.45) is -2.34. The maximum absolute atomic E-state index is 13.0. The first kappa shape index (κ1) is 25.2. The summed E-state index contributed by atoms with van der Waals surface area (Å²) in [6.45, 7) is 7.99. The molecule has 5 nitrogen and oxygen atoms in total. The zero-order valence-electron chi connectivity index (χ0n) is 17.6. The van der Waals surface area contributed by atoms with Crippen molar-refractivity contribution in [2.45, 2.75) is 32.0 Å². The average molecular weight is 540 g/mol. The SMILES string of the molecule is CCN1CCCC(CNC(=NC)N2CCOC(c3cccc(C(F)(F)F)c3)C2)C1.I. The quantitative estimate of drug-likeness (QED) is 0.356. The van der Waals surface area contributed by atoms with Crippen LogP contribution in [0.4, 0.5) is 13.2 Å². The molecule has 2 heterocycles. The highest BCUT2D eigenvalue weighted by atomic mass is 127. The number of piperidine rings is 1. The lowest BCUT2D eigenvalue weighted by Crippen LogP contribution is -2.50. The first-order valence-electron chi connectivity index (χ1n) is 10.4. The van der Waals surface area contributed by atoms with Gasteiger partial charge >= 0.3 is 6.18 Å². The van der Waals surface area contributed by atoms with E-state index in [0.29, 0.717) is 31.2 Å². The molecule has 0 aromatic heterocycles. The molecule has 0 saturated carbocycles. The Balaban J connectivity index is 0.00000320. The number of rotatable bonds is 4. The minimum atomic E-state index is -4.35. The molecule has 2 aliphatic heterocycles. The third-order valence-electron chi connectivity index (χ3n) is 5.76. The predicted molar refractivity (Wildman–Crippen MR) is 123 cm³/mol. The summed E-state index contributed by atoms with van der Waals surface area (Å²) < 4.78 is 44.9. The zero-order valence-corrected chi connectivity index (χ0v) is 20.0. The summed E-state index contributed by atoms with van der Waals surface area (Å²) >= 11 is 0. The van der Waals surface area contributed by atoms with Gasteiger partial charge in [0.15, 0.2) is 5.96 Å². The molecule has 2 fully saturated rings. The van der Waals surface area contributed by atoms with Gasteiger partial charge in [-0.05, 0) is 49.5 Å². The van der Waals surface area contributed by atoms with E-state index in [2.05, 4.69) is 27.0 Å². The van der Waals surface area contributed by atoms with E-state index in [9.17, 15) is 13.2 Å². The van der Waals surface area contributed by atoms with E-state index in [1.807, 2.05) is 0 Å². The fraction of sp³-hybridized carbons (Fsp3) is 0.667. The molecule has 1 N–H and O–H groups in total. The van der Waals surface area contributed by atoms with Gasteiger partial charge < -0.3 is 19.9 Å². The second-order valence-electron chi connectivity index (χ2n) is 7.76. The van der Waals surface area contributed by atoms with Crippen LogP contribution < -0.4 is 5.32 Å². The molecule has 170 valence electrons. The summed E-state index contributed by atoms with van der Waals surface area (Å²) in [4.78, 5) is 8.95. The Hall–Kier alpha value is -1.07. The standard InChI is InChI=1S/C21H31F3N4O.HI/c1-3-27-9-5-6-16(14-27)13-26-20(25-2)28-10-11-29-19(15-28)17-7-4-8-18(12-17)21(22,23)24;/h4,7-8,12,16,19H,3,5-6,9-11,13-15H2,1-2H3,(H,25,26);1H. The van der Waals surface area contributed by atoms with Crippen LogP contribution in [0.25, 0.3) is 0 Å². The van der Waals surface area contributed by atoms with Crippen LogP contribution in [0, 0.1) is 5.92 Å². The van der Waals surface area contributed by atoms with Crippen molar-refractivity contribution in [2.75, 3.05) is 52.9 Å². The number of nitrogens with one attached hydrogen (secondary N) is 1. The van der Waals surface area contributed by atoms with E-state index in [-0.39, 0.29) is 24.0 Å². The third kappa shape index (κ3) is 6.71. The molecule has 1 aromatic carbocycles. The number of hydrogen-bond acceptors (Lipinski definition) is 3.